The Balaban J connectivity index is 0.00000364. The molecule has 1 saturated heterocycles. The van der Waals surface area contributed by atoms with Gasteiger partial charge in [-0.25, -0.2) is 4.99 Å². The van der Waals surface area contributed by atoms with E-state index in [9.17, 15) is 5.11 Å². The lowest BCUT2D eigenvalue weighted by molar-refractivity contribution is 0.187. The lowest BCUT2D eigenvalue weighted by atomic mass is 10.0. The molecule has 0 atom stereocenters. The second kappa shape index (κ2) is 11.7. The van der Waals surface area contributed by atoms with Crippen molar-refractivity contribution in [2.45, 2.75) is 60.0 Å². The summed E-state index contributed by atoms with van der Waals surface area (Å²) in [6, 6.07) is 4.51. The normalized spacial score (nSPS) is 16.3. The number of phenols is 1. The van der Waals surface area contributed by atoms with Crippen molar-refractivity contribution >= 4 is 29.9 Å². The van der Waals surface area contributed by atoms with Gasteiger partial charge in [0, 0.05) is 32.2 Å². The van der Waals surface area contributed by atoms with E-state index in [-0.39, 0.29) is 24.0 Å². The Kier molecular flexibility index (Phi) is 10.4. The number of piperidine rings is 1. The van der Waals surface area contributed by atoms with E-state index in [2.05, 4.69) is 36.3 Å². The predicted octanol–water partition coefficient (Wildman–Crippen LogP) is 3.80. The number of rotatable bonds is 6. The highest BCUT2D eigenvalue weighted by Gasteiger charge is 2.20. The summed E-state index contributed by atoms with van der Waals surface area (Å²) in [6.45, 7) is 15.5. The predicted molar refractivity (Wildman–Crippen MR) is 125 cm³/mol. The molecule has 2 rings (SSSR count). The number of nitrogens with one attached hydrogen (secondary N) is 2. The van der Waals surface area contributed by atoms with E-state index in [1.807, 2.05) is 26.0 Å². The lowest BCUT2D eigenvalue weighted by Gasteiger charge is -2.34. The van der Waals surface area contributed by atoms with E-state index in [0.717, 1.165) is 61.0 Å². The van der Waals surface area contributed by atoms with Crippen LogP contribution in [0.3, 0.4) is 0 Å². The fourth-order valence-corrected chi connectivity index (χ4v) is 3.60. The number of nitrogens with zero attached hydrogens (tertiary/aromatic N) is 2. The summed E-state index contributed by atoms with van der Waals surface area (Å²) in [4.78, 5) is 7.32. The summed E-state index contributed by atoms with van der Waals surface area (Å²) in [5.74, 6) is 2.00. The maximum Gasteiger partial charge on any atom is 0.191 e. The molecular weight excluding hydrogens is 451 g/mol. The van der Waals surface area contributed by atoms with Crippen LogP contribution in [-0.2, 0) is 6.54 Å². The summed E-state index contributed by atoms with van der Waals surface area (Å²) in [5.41, 5.74) is 2.94. The van der Waals surface area contributed by atoms with Gasteiger partial charge >= 0.3 is 0 Å². The smallest absolute Gasteiger partial charge is 0.191 e. The molecule has 0 saturated carbocycles. The van der Waals surface area contributed by atoms with Crippen LogP contribution in [0.25, 0.3) is 0 Å². The van der Waals surface area contributed by atoms with Crippen molar-refractivity contribution in [3.63, 3.8) is 0 Å². The molecule has 1 aliphatic rings. The highest BCUT2D eigenvalue weighted by Crippen LogP contribution is 2.23. The van der Waals surface area contributed by atoms with E-state index < -0.39 is 0 Å². The van der Waals surface area contributed by atoms with Gasteiger partial charge in [0.2, 0.25) is 0 Å². The third-order valence-electron chi connectivity index (χ3n) is 4.87. The summed E-state index contributed by atoms with van der Waals surface area (Å²) in [5, 5.41) is 16.9. The molecule has 5 nitrogen and oxygen atoms in total. The Bertz CT molecular complexity index is 587. The fourth-order valence-electron chi connectivity index (χ4n) is 3.60. The van der Waals surface area contributed by atoms with Crippen LogP contribution in [0.1, 0.15) is 50.3 Å². The molecule has 0 aromatic heterocycles. The van der Waals surface area contributed by atoms with Gasteiger partial charge in [0.1, 0.15) is 5.75 Å². The van der Waals surface area contributed by atoms with Crippen molar-refractivity contribution in [1.29, 1.82) is 0 Å². The largest absolute Gasteiger partial charge is 0.507 e. The average molecular weight is 488 g/mol. The van der Waals surface area contributed by atoms with E-state index >= 15 is 0 Å². The second-order valence-electron chi connectivity index (χ2n) is 7.89. The first-order valence-corrected chi connectivity index (χ1v) is 9.95. The zero-order chi connectivity index (χ0) is 19.1. The van der Waals surface area contributed by atoms with E-state index in [1.54, 1.807) is 0 Å². The molecule has 3 N–H and O–H groups in total. The van der Waals surface area contributed by atoms with Crippen LogP contribution in [0.4, 0.5) is 0 Å². The first kappa shape index (κ1) is 24.0. The second-order valence-corrected chi connectivity index (χ2v) is 7.89. The van der Waals surface area contributed by atoms with Gasteiger partial charge in [0.25, 0.3) is 0 Å². The van der Waals surface area contributed by atoms with E-state index in [0.29, 0.717) is 18.3 Å². The SMILES string of the molecule is CCNC(=NCc1cc(C)c(O)c(C)c1)NC1CCN(CC(C)C)CC1.I. The molecule has 1 aromatic rings. The van der Waals surface area contributed by atoms with Crippen LogP contribution in [0.15, 0.2) is 17.1 Å². The highest BCUT2D eigenvalue weighted by atomic mass is 127. The van der Waals surface area contributed by atoms with Crippen LogP contribution in [-0.4, -0.2) is 48.2 Å². The number of likely N-dealkylation sites (tertiary alicyclic amines) is 1. The highest BCUT2D eigenvalue weighted by molar-refractivity contribution is 14.0. The number of benzene rings is 1. The minimum atomic E-state index is 0. The molecule has 1 fully saturated rings. The van der Waals surface area contributed by atoms with Gasteiger partial charge in [-0.3, -0.25) is 0 Å². The Morgan fingerprint density at radius 3 is 2.33 bits per heavy atom. The Labute approximate surface area is 182 Å². The molecule has 0 radical (unpaired) electrons. The molecule has 1 heterocycles. The number of guanidine groups is 1. The van der Waals surface area contributed by atoms with Crippen molar-refractivity contribution in [3.05, 3.63) is 28.8 Å². The standard InChI is InChI=1S/C21H36N4O.HI/c1-6-22-21(23-13-18-11-16(4)20(26)17(5)12-18)24-19-7-9-25(10-8-19)14-15(2)3;/h11-12,15,19,26H,6-10,13-14H2,1-5H3,(H2,22,23,24);1H. The van der Waals surface area contributed by atoms with Crippen molar-refractivity contribution in [2.24, 2.45) is 10.9 Å². The number of halogens is 1. The van der Waals surface area contributed by atoms with E-state index in [1.165, 1.54) is 6.54 Å². The summed E-state index contributed by atoms with van der Waals surface area (Å²) >= 11 is 0. The first-order valence-electron chi connectivity index (χ1n) is 9.95. The summed E-state index contributed by atoms with van der Waals surface area (Å²) in [6.07, 6.45) is 2.32. The number of hydrogen-bond acceptors (Lipinski definition) is 3. The zero-order valence-corrected chi connectivity index (χ0v) is 19.8. The van der Waals surface area contributed by atoms with Gasteiger partial charge in [-0.05, 0) is 56.2 Å². The summed E-state index contributed by atoms with van der Waals surface area (Å²) < 4.78 is 0. The van der Waals surface area contributed by atoms with Crippen LogP contribution in [0.2, 0.25) is 0 Å². The average Bonchev–Trinajstić information content (AvgIpc) is 2.59. The number of phenolic OH excluding ortho intramolecular Hbond substituents is 1. The van der Waals surface area contributed by atoms with Gasteiger partial charge in [-0.15, -0.1) is 24.0 Å². The van der Waals surface area contributed by atoms with Crippen molar-refractivity contribution in [3.8, 4) is 5.75 Å². The molecular formula is C21H37IN4O. The molecule has 0 spiro atoms. The van der Waals surface area contributed by atoms with Crippen molar-refractivity contribution in [1.82, 2.24) is 15.5 Å². The minimum Gasteiger partial charge on any atom is -0.507 e. The third kappa shape index (κ3) is 7.86. The summed E-state index contributed by atoms with van der Waals surface area (Å²) in [7, 11) is 0. The quantitative estimate of drug-likeness (QED) is 0.324. The van der Waals surface area contributed by atoms with Crippen LogP contribution >= 0.6 is 24.0 Å². The minimum absolute atomic E-state index is 0. The molecule has 6 heteroatoms. The maximum atomic E-state index is 9.92. The Morgan fingerprint density at radius 2 is 1.81 bits per heavy atom. The number of aryl methyl sites for hydroxylation is 2. The van der Waals surface area contributed by atoms with Crippen LogP contribution in [0, 0.1) is 19.8 Å². The Morgan fingerprint density at radius 1 is 1.22 bits per heavy atom. The monoisotopic (exact) mass is 488 g/mol. The van der Waals surface area contributed by atoms with Crippen LogP contribution < -0.4 is 10.6 Å². The molecule has 1 aliphatic heterocycles. The molecule has 0 amide bonds. The van der Waals surface area contributed by atoms with Crippen molar-refractivity contribution < 1.29 is 5.11 Å². The first-order chi connectivity index (χ1) is 12.4. The molecule has 0 bridgehead atoms. The fraction of sp³-hybridized carbons (Fsp3) is 0.667. The number of aliphatic imine (C=N–C) groups is 1. The van der Waals surface area contributed by atoms with Gasteiger partial charge in [0.15, 0.2) is 5.96 Å². The van der Waals surface area contributed by atoms with Crippen molar-refractivity contribution in [2.75, 3.05) is 26.2 Å². The van der Waals surface area contributed by atoms with Gasteiger partial charge in [0.05, 0.1) is 6.54 Å². The molecule has 27 heavy (non-hydrogen) atoms. The van der Waals surface area contributed by atoms with Gasteiger partial charge in [-0.1, -0.05) is 26.0 Å². The Hall–Kier alpha value is -1.02. The molecule has 1 aromatic carbocycles. The number of aromatic hydroxyl groups is 1. The van der Waals surface area contributed by atoms with Gasteiger partial charge in [-0.2, -0.15) is 0 Å². The molecule has 154 valence electrons. The van der Waals surface area contributed by atoms with Gasteiger partial charge < -0.3 is 20.6 Å². The molecule has 0 unspecified atom stereocenters. The lowest BCUT2D eigenvalue weighted by Crippen LogP contribution is -2.49. The molecule has 0 aliphatic carbocycles. The maximum absolute atomic E-state index is 9.92. The third-order valence-corrected chi connectivity index (χ3v) is 4.87. The topological polar surface area (TPSA) is 59.9 Å². The number of hydrogen-bond donors (Lipinski definition) is 3. The van der Waals surface area contributed by atoms with Crippen LogP contribution in [0.5, 0.6) is 5.75 Å². The van der Waals surface area contributed by atoms with E-state index in [4.69, 9.17) is 4.99 Å². The zero-order valence-electron chi connectivity index (χ0n) is 17.5.